The number of ether oxygens (including phenoxy) is 1. The van der Waals surface area contributed by atoms with Crippen molar-refractivity contribution in [2.24, 2.45) is 0 Å². The van der Waals surface area contributed by atoms with E-state index in [0.29, 0.717) is 0 Å². The van der Waals surface area contributed by atoms with Crippen LogP contribution in [0.25, 0.3) is 0 Å². The number of aromatic nitrogens is 1. The predicted octanol–water partition coefficient (Wildman–Crippen LogP) is 2.53. The van der Waals surface area contributed by atoms with Gasteiger partial charge in [0, 0.05) is 32.0 Å². The molecule has 104 valence electrons. The maximum Gasteiger partial charge on any atom is 0.0642 e. The van der Waals surface area contributed by atoms with Crippen LogP contribution in [0.1, 0.15) is 5.56 Å². The van der Waals surface area contributed by atoms with E-state index in [1.165, 1.54) is 16.9 Å². The van der Waals surface area contributed by atoms with Crippen molar-refractivity contribution in [1.29, 1.82) is 0 Å². The van der Waals surface area contributed by atoms with Gasteiger partial charge in [-0.25, -0.2) is 0 Å². The second-order valence-electron chi connectivity index (χ2n) is 4.83. The molecule has 20 heavy (non-hydrogen) atoms. The zero-order valence-corrected chi connectivity index (χ0v) is 11.5. The SMILES string of the molecule is c1cncc(CNc2ccccc2N2CCOCC2)c1. The van der Waals surface area contributed by atoms with Crippen molar-refractivity contribution in [3.05, 3.63) is 54.4 Å². The first-order valence-corrected chi connectivity index (χ1v) is 6.98. The minimum absolute atomic E-state index is 0.787. The van der Waals surface area contributed by atoms with Gasteiger partial charge >= 0.3 is 0 Å². The fourth-order valence-corrected chi connectivity index (χ4v) is 2.40. The molecule has 1 aromatic carbocycles. The van der Waals surface area contributed by atoms with Gasteiger partial charge in [-0.15, -0.1) is 0 Å². The number of nitrogens with zero attached hydrogens (tertiary/aromatic N) is 2. The van der Waals surface area contributed by atoms with Gasteiger partial charge in [0.05, 0.1) is 24.6 Å². The average Bonchev–Trinajstić information content (AvgIpc) is 2.55. The molecular weight excluding hydrogens is 250 g/mol. The number of para-hydroxylation sites is 2. The van der Waals surface area contributed by atoms with E-state index in [1.807, 2.05) is 12.3 Å². The lowest BCUT2D eigenvalue weighted by Gasteiger charge is -2.30. The number of benzene rings is 1. The van der Waals surface area contributed by atoms with Crippen molar-refractivity contribution in [2.75, 3.05) is 36.5 Å². The van der Waals surface area contributed by atoms with E-state index in [-0.39, 0.29) is 0 Å². The fraction of sp³-hybridized carbons (Fsp3) is 0.312. The monoisotopic (exact) mass is 269 g/mol. The summed E-state index contributed by atoms with van der Waals surface area (Å²) in [5.41, 5.74) is 3.60. The quantitative estimate of drug-likeness (QED) is 0.925. The predicted molar refractivity (Wildman–Crippen MR) is 81.0 cm³/mol. The van der Waals surface area contributed by atoms with E-state index in [1.54, 1.807) is 6.20 Å². The molecule has 4 heteroatoms. The highest BCUT2D eigenvalue weighted by Gasteiger charge is 2.14. The maximum atomic E-state index is 5.42. The second kappa shape index (κ2) is 6.39. The highest BCUT2D eigenvalue weighted by Crippen LogP contribution is 2.26. The smallest absolute Gasteiger partial charge is 0.0642 e. The number of hydrogen-bond acceptors (Lipinski definition) is 4. The molecule has 1 saturated heterocycles. The summed E-state index contributed by atoms with van der Waals surface area (Å²) in [4.78, 5) is 6.51. The third-order valence-corrected chi connectivity index (χ3v) is 3.46. The van der Waals surface area contributed by atoms with Gasteiger partial charge in [-0.1, -0.05) is 18.2 Å². The first-order valence-electron chi connectivity index (χ1n) is 6.98. The van der Waals surface area contributed by atoms with Crippen LogP contribution in [0.15, 0.2) is 48.8 Å². The Balaban J connectivity index is 1.72. The van der Waals surface area contributed by atoms with E-state index in [2.05, 4.69) is 45.5 Å². The highest BCUT2D eigenvalue weighted by molar-refractivity contribution is 5.70. The highest BCUT2D eigenvalue weighted by atomic mass is 16.5. The number of rotatable bonds is 4. The molecule has 0 spiro atoms. The van der Waals surface area contributed by atoms with Gasteiger partial charge in [-0.3, -0.25) is 4.98 Å². The van der Waals surface area contributed by atoms with Gasteiger partial charge in [-0.2, -0.15) is 0 Å². The van der Waals surface area contributed by atoms with E-state index in [4.69, 9.17) is 4.74 Å². The Hall–Kier alpha value is -2.07. The zero-order chi connectivity index (χ0) is 13.6. The largest absolute Gasteiger partial charge is 0.379 e. The van der Waals surface area contributed by atoms with Crippen molar-refractivity contribution in [3.8, 4) is 0 Å². The normalized spacial score (nSPS) is 15.1. The lowest BCUT2D eigenvalue weighted by Crippen LogP contribution is -2.36. The summed E-state index contributed by atoms with van der Waals surface area (Å²) in [6.45, 7) is 4.29. The molecule has 1 N–H and O–H groups in total. The summed E-state index contributed by atoms with van der Waals surface area (Å²) in [6, 6.07) is 12.5. The average molecular weight is 269 g/mol. The summed E-state index contributed by atoms with van der Waals surface area (Å²) in [6.07, 6.45) is 3.69. The summed E-state index contributed by atoms with van der Waals surface area (Å²) in [5, 5.41) is 3.50. The van der Waals surface area contributed by atoms with Crippen LogP contribution in [0, 0.1) is 0 Å². The van der Waals surface area contributed by atoms with Crippen LogP contribution in [0.5, 0.6) is 0 Å². The van der Waals surface area contributed by atoms with Crippen LogP contribution in [0.2, 0.25) is 0 Å². The number of nitrogens with one attached hydrogen (secondary N) is 1. The molecule has 0 radical (unpaired) electrons. The maximum absolute atomic E-state index is 5.42. The van der Waals surface area contributed by atoms with Crippen LogP contribution in [-0.2, 0) is 11.3 Å². The van der Waals surface area contributed by atoms with E-state index >= 15 is 0 Å². The summed E-state index contributed by atoms with van der Waals surface area (Å²) in [7, 11) is 0. The Morgan fingerprint density at radius 2 is 1.95 bits per heavy atom. The molecule has 0 bridgehead atoms. The van der Waals surface area contributed by atoms with Crippen LogP contribution in [-0.4, -0.2) is 31.3 Å². The third kappa shape index (κ3) is 3.08. The summed E-state index contributed by atoms with van der Waals surface area (Å²) in [5.74, 6) is 0. The van der Waals surface area contributed by atoms with Gasteiger partial charge in [0.1, 0.15) is 0 Å². The summed E-state index contributed by atoms with van der Waals surface area (Å²) >= 11 is 0. The Bertz CT molecular complexity index is 538. The third-order valence-electron chi connectivity index (χ3n) is 3.46. The van der Waals surface area contributed by atoms with Gasteiger partial charge in [0.2, 0.25) is 0 Å². The lowest BCUT2D eigenvalue weighted by molar-refractivity contribution is 0.123. The number of hydrogen-bond donors (Lipinski definition) is 1. The lowest BCUT2D eigenvalue weighted by atomic mass is 10.2. The van der Waals surface area contributed by atoms with Crippen molar-refractivity contribution in [2.45, 2.75) is 6.54 Å². The van der Waals surface area contributed by atoms with E-state index in [0.717, 1.165) is 32.8 Å². The van der Waals surface area contributed by atoms with Crippen molar-refractivity contribution < 1.29 is 4.74 Å². The van der Waals surface area contributed by atoms with E-state index < -0.39 is 0 Å². The van der Waals surface area contributed by atoms with Crippen LogP contribution < -0.4 is 10.2 Å². The Morgan fingerprint density at radius 1 is 1.10 bits per heavy atom. The van der Waals surface area contributed by atoms with E-state index in [9.17, 15) is 0 Å². The van der Waals surface area contributed by atoms with Gasteiger partial charge in [-0.05, 0) is 23.8 Å². The van der Waals surface area contributed by atoms with Crippen LogP contribution >= 0.6 is 0 Å². The minimum atomic E-state index is 0.787. The molecule has 1 aromatic heterocycles. The molecule has 0 saturated carbocycles. The van der Waals surface area contributed by atoms with Crippen molar-refractivity contribution in [1.82, 2.24) is 4.98 Å². The summed E-state index contributed by atoms with van der Waals surface area (Å²) < 4.78 is 5.42. The molecule has 2 aromatic rings. The standard InChI is InChI=1S/C16H19N3O/c1-2-6-16(19-8-10-20-11-9-19)15(5-1)18-13-14-4-3-7-17-12-14/h1-7,12,18H,8-11,13H2. The molecule has 3 rings (SSSR count). The molecule has 0 amide bonds. The Kier molecular flexibility index (Phi) is 4.13. The fourth-order valence-electron chi connectivity index (χ4n) is 2.40. The number of morpholine rings is 1. The Morgan fingerprint density at radius 3 is 2.75 bits per heavy atom. The van der Waals surface area contributed by atoms with Crippen LogP contribution in [0.3, 0.4) is 0 Å². The molecule has 2 heterocycles. The first kappa shape index (κ1) is 12.9. The van der Waals surface area contributed by atoms with Gasteiger partial charge < -0.3 is 15.0 Å². The number of anilines is 2. The second-order valence-corrected chi connectivity index (χ2v) is 4.83. The number of pyridine rings is 1. The molecule has 0 aliphatic carbocycles. The molecule has 1 fully saturated rings. The minimum Gasteiger partial charge on any atom is -0.379 e. The molecule has 1 aliphatic rings. The van der Waals surface area contributed by atoms with Crippen molar-refractivity contribution >= 4 is 11.4 Å². The molecule has 1 aliphatic heterocycles. The van der Waals surface area contributed by atoms with Crippen molar-refractivity contribution in [3.63, 3.8) is 0 Å². The van der Waals surface area contributed by atoms with Gasteiger partial charge in [0.15, 0.2) is 0 Å². The Labute approximate surface area is 119 Å². The van der Waals surface area contributed by atoms with Gasteiger partial charge in [0.25, 0.3) is 0 Å². The topological polar surface area (TPSA) is 37.4 Å². The molecule has 0 unspecified atom stereocenters. The molecule has 0 atom stereocenters. The first-order chi connectivity index (χ1) is 9.93. The molecular formula is C16H19N3O. The zero-order valence-electron chi connectivity index (χ0n) is 11.5. The van der Waals surface area contributed by atoms with Crippen LogP contribution in [0.4, 0.5) is 11.4 Å². The molecule has 4 nitrogen and oxygen atoms in total.